The molecule has 3 aromatic carbocycles. The molecule has 2 fully saturated rings. The third-order valence-corrected chi connectivity index (χ3v) is 8.31. The van der Waals surface area contributed by atoms with Gasteiger partial charge in [-0.05, 0) is 35.7 Å². The van der Waals surface area contributed by atoms with E-state index in [9.17, 15) is 19.5 Å². The topological polar surface area (TPSA) is 98.7 Å². The van der Waals surface area contributed by atoms with Crippen LogP contribution in [0.2, 0.25) is 10.0 Å². The monoisotopic (exact) mass is 535 g/mol. The molecule has 0 unspecified atom stereocenters. The molecule has 0 aromatic heterocycles. The Kier molecular flexibility index (Phi) is 5.84. The number of halogens is 2. The van der Waals surface area contributed by atoms with Crippen molar-refractivity contribution in [3.63, 3.8) is 0 Å². The summed E-state index contributed by atoms with van der Waals surface area (Å²) in [5, 5.41) is 18.3. The summed E-state index contributed by atoms with van der Waals surface area (Å²) in [6, 6.07) is 20.4. The molecular formula is C28H23Cl2N3O4. The number of hydrogen-bond donors (Lipinski definition) is 3. The third-order valence-electron chi connectivity index (χ3n) is 7.74. The van der Waals surface area contributed by atoms with E-state index in [-0.39, 0.29) is 6.54 Å². The van der Waals surface area contributed by atoms with Gasteiger partial charge in [-0.3, -0.25) is 24.6 Å². The first-order chi connectivity index (χ1) is 17.8. The van der Waals surface area contributed by atoms with E-state index in [1.165, 1.54) is 4.90 Å². The molecule has 1 spiro atoms. The molecule has 0 bridgehead atoms. The first-order valence-electron chi connectivity index (χ1n) is 12.0. The zero-order valence-corrected chi connectivity index (χ0v) is 21.0. The number of aliphatic hydroxyl groups is 1. The summed E-state index contributed by atoms with van der Waals surface area (Å²) in [7, 11) is 0. The Morgan fingerprint density at radius 3 is 2.38 bits per heavy atom. The lowest BCUT2D eigenvalue weighted by atomic mass is 9.76. The molecule has 3 aromatic rings. The first kappa shape index (κ1) is 24.1. The Morgan fingerprint density at radius 1 is 0.919 bits per heavy atom. The molecule has 5 atom stereocenters. The summed E-state index contributed by atoms with van der Waals surface area (Å²) in [5.41, 5.74) is 0.866. The third kappa shape index (κ3) is 3.61. The van der Waals surface area contributed by atoms with Crippen LogP contribution in [0, 0.1) is 11.8 Å². The number of benzene rings is 3. The standard InChI is InChI=1S/C28H23Cl2N3O4/c29-17-11-9-16(10-12-17)24(34)23-20-21(26(36)33(25(20)35)14-13-15-5-2-1-3-6-15)28(32-23)18-7-4-8-19(30)22(18)31-27(28)37/h1-12,20-21,23-24,32,34H,13-14H2,(H,31,37)/t20-,21-,23+,24-,28-/m1/s1. The van der Waals surface area contributed by atoms with Gasteiger partial charge in [0.05, 0.1) is 34.7 Å². The molecule has 3 aliphatic heterocycles. The number of amides is 3. The number of rotatable bonds is 5. The van der Waals surface area contributed by atoms with Crippen molar-refractivity contribution in [2.75, 3.05) is 11.9 Å². The van der Waals surface area contributed by atoms with E-state index in [0.29, 0.717) is 33.3 Å². The lowest BCUT2D eigenvalue weighted by Crippen LogP contribution is -2.54. The van der Waals surface area contributed by atoms with Crippen LogP contribution < -0.4 is 10.6 Å². The predicted molar refractivity (Wildman–Crippen MR) is 139 cm³/mol. The van der Waals surface area contributed by atoms with Gasteiger partial charge in [-0.25, -0.2) is 0 Å². The SMILES string of the molecule is O=C1[C@H]2[C@@H]([C@H](O)c3ccc(Cl)cc3)N[C@@]3(C(=O)Nc4c(Cl)cccc43)[C@H]2C(=O)N1CCc1ccccc1. The lowest BCUT2D eigenvalue weighted by molar-refractivity contribution is -0.143. The van der Waals surface area contributed by atoms with E-state index in [1.807, 2.05) is 30.3 Å². The van der Waals surface area contributed by atoms with Crippen LogP contribution in [0.3, 0.4) is 0 Å². The van der Waals surface area contributed by atoms with Crippen molar-refractivity contribution in [1.29, 1.82) is 0 Å². The summed E-state index contributed by atoms with van der Waals surface area (Å²) < 4.78 is 0. The van der Waals surface area contributed by atoms with Crippen LogP contribution in [-0.2, 0) is 26.3 Å². The van der Waals surface area contributed by atoms with Crippen LogP contribution in [0.25, 0.3) is 0 Å². The number of nitrogens with one attached hydrogen (secondary N) is 2. The van der Waals surface area contributed by atoms with E-state index in [1.54, 1.807) is 42.5 Å². The minimum atomic E-state index is -1.54. The Hall–Kier alpha value is -3.23. The van der Waals surface area contributed by atoms with Crippen LogP contribution in [-0.4, -0.2) is 40.3 Å². The highest BCUT2D eigenvalue weighted by Crippen LogP contribution is 2.55. The van der Waals surface area contributed by atoms with Crippen molar-refractivity contribution in [1.82, 2.24) is 10.2 Å². The molecule has 3 heterocycles. The van der Waals surface area contributed by atoms with Gasteiger partial charge in [-0.2, -0.15) is 0 Å². The molecule has 6 rings (SSSR count). The number of hydrogen-bond acceptors (Lipinski definition) is 5. The number of para-hydroxylation sites is 1. The van der Waals surface area contributed by atoms with Crippen LogP contribution in [0.1, 0.15) is 22.8 Å². The number of aliphatic hydroxyl groups excluding tert-OH is 1. The molecule has 3 aliphatic rings. The minimum absolute atomic E-state index is 0.179. The molecule has 0 aliphatic carbocycles. The highest BCUT2D eigenvalue weighted by atomic mass is 35.5. The van der Waals surface area contributed by atoms with Crippen molar-refractivity contribution in [3.05, 3.63) is 99.5 Å². The van der Waals surface area contributed by atoms with Gasteiger partial charge in [0, 0.05) is 17.1 Å². The Balaban J connectivity index is 1.43. The molecule has 0 radical (unpaired) electrons. The number of carbonyl (C=O) groups excluding carboxylic acids is 3. The second-order valence-electron chi connectivity index (χ2n) is 9.66. The normalized spacial score (nSPS) is 26.9. The Morgan fingerprint density at radius 2 is 1.65 bits per heavy atom. The van der Waals surface area contributed by atoms with Crippen LogP contribution in [0.5, 0.6) is 0 Å². The molecule has 7 nitrogen and oxygen atoms in total. The summed E-state index contributed by atoms with van der Waals surface area (Å²) in [6.07, 6.45) is -0.692. The summed E-state index contributed by atoms with van der Waals surface area (Å²) >= 11 is 12.4. The average Bonchev–Trinajstić information content (AvgIpc) is 3.49. The quantitative estimate of drug-likeness (QED) is 0.433. The van der Waals surface area contributed by atoms with Crippen LogP contribution in [0.4, 0.5) is 5.69 Å². The van der Waals surface area contributed by atoms with E-state index in [2.05, 4.69) is 10.6 Å². The van der Waals surface area contributed by atoms with Gasteiger partial charge in [0.2, 0.25) is 17.7 Å². The van der Waals surface area contributed by atoms with Crippen molar-refractivity contribution in [2.45, 2.75) is 24.1 Å². The number of fused-ring (bicyclic) bond motifs is 4. The molecule has 2 saturated heterocycles. The molecular weight excluding hydrogens is 513 g/mol. The number of anilines is 1. The number of likely N-dealkylation sites (tertiary alicyclic amines) is 1. The van der Waals surface area contributed by atoms with Gasteiger partial charge in [-0.1, -0.05) is 77.8 Å². The van der Waals surface area contributed by atoms with E-state index in [0.717, 1.165) is 5.56 Å². The fourth-order valence-corrected chi connectivity index (χ4v) is 6.37. The van der Waals surface area contributed by atoms with E-state index < -0.39 is 47.2 Å². The lowest BCUT2D eigenvalue weighted by Gasteiger charge is -2.30. The maximum absolute atomic E-state index is 13.9. The van der Waals surface area contributed by atoms with Gasteiger partial charge in [0.25, 0.3) is 0 Å². The largest absolute Gasteiger partial charge is 0.387 e. The zero-order chi connectivity index (χ0) is 25.9. The Bertz CT molecular complexity index is 1410. The van der Waals surface area contributed by atoms with Crippen molar-refractivity contribution in [2.24, 2.45) is 11.8 Å². The van der Waals surface area contributed by atoms with Crippen molar-refractivity contribution in [3.8, 4) is 0 Å². The van der Waals surface area contributed by atoms with Gasteiger partial charge in [0.1, 0.15) is 5.54 Å². The molecule has 188 valence electrons. The zero-order valence-electron chi connectivity index (χ0n) is 19.5. The van der Waals surface area contributed by atoms with Crippen LogP contribution >= 0.6 is 23.2 Å². The Labute approximate surface area is 223 Å². The fourth-order valence-electron chi connectivity index (χ4n) is 6.03. The van der Waals surface area contributed by atoms with Crippen molar-refractivity contribution < 1.29 is 19.5 Å². The molecule has 3 amide bonds. The van der Waals surface area contributed by atoms with E-state index in [4.69, 9.17) is 23.2 Å². The highest BCUT2D eigenvalue weighted by Gasteiger charge is 2.71. The molecule has 0 saturated carbocycles. The van der Waals surface area contributed by atoms with Crippen LogP contribution in [0.15, 0.2) is 72.8 Å². The molecule has 9 heteroatoms. The number of nitrogens with zero attached hydrogens (tertiary/aromatic N) is 1. The number of imide groups is 1. The summed E-state index contributed by atoms with van der Waals surface area (Å²) in [5.74, 6) is -3.31. The van der Waals surface area contributed by atoms with Crippen molar-refractivity contribution >= 4 is 46.6 Å². The van der Waals surface area contributed by atoms with Gasteiger partial charge < -0.3 is 10.4 Å². The first-order valence-corrected chi connectivity index (χ1v) is 12.8. The van der Waals surface area contributed by atoms with E-state index >= 15 is 0 Å². The maximum atomic E-state index is 13.9. The maximum Gasteiger partial charge on any atom is 0.250 e. The summed E-state index contributed by atoms with van der Waals surface area (Å²) in [6.45, 7) is 0.179. The fraction of sp³-hybridized carbons (Fsp3) is 0.250. The minimum Gasteiger partial charge on any atom is -0.387 e. The second kappa shape index (κ2) is 8.96. The smallest absolute Gasteiger partial charge is 0.250 e. The average molecular weight is 536 g/mol. The predicted octanol–water partition coefficient (Wildman–Crippen LogP) is 3.69. The second-order valence-corrected chi connectivity index (χ2v) is 10.5. The van der Waals surface area contributed by atoms with Gasteiger partial charge in [0.15, 0.2) is 0 Å². The summed E-state index contributed by atoms with van der Waals surface area (Å²) in [4.78, 5) is 42.6. The highest BCUT2D eigenvalue weighted by molar-refractivity contribution is 6.35. The molecule has 3 N–H and O–H groups in total. The number of carbonyl (C=O) groups is 3. The van der Waals surface area contributed by atoms with Gasteiger partial charge >= 0.3 is 0 Å². The van der Waals surface area contributed by atoms with Gasteiger partial charge in [-0.15, -0.1) is 0 Å². The molecule has 37 heavy (non-hydrogen) atoms.